The van der Waals surface area contributed by atoms with Crippen molar-refractivity contribution in [1.29, 1.82) is 0 Å². The molecular formula is C17H20N4O2. The highest BCUT2D eigenvalue weighted by molar-refractivity contribution is 5.74. The number of hydrogen-bond donors (Lipinski definition) is 1. The van der Waals surface area contributed by atoms with Gasteiger partial charge in [0.25, 0.3) is 5.56 Å². The number of aryl methyl sites for hydroxylation is 2. The van der Waals surface area contributed by atoms with E-state index in [1.807, 2.05) is 31.2 Å². The van der Waals surface area contributed by atoms with Crippen molar-refractivity contribution in [3.8, 4) is 0 Å². The van der Waals surface area contributed by atoms with Crippen molar-refractivity contribution in [2.75, 3.05) is 6.54 Å². The van der Waals surface area contributed by atoms with Gasteiger partial charge in [0.15, 0.2) is 0 Å². The third-order valence-corrected chi connectivity index (χ3v) is 4.09. The van der Waals surface area contributed by atoms with E-state index < -0.39 is 0 Å². The predicted molar refractivity (Wildman–Crippen MR) is 87.0 cm³/mol. The fourth-order valence-corrected chi connectivity index (χ4v) is 2.66. The first kappa shape index (κ1) is 15.3. The molecule has 0 unspecified atom stereocenters. The maximum atomic E-state index is 12.3. The summed E-state index contributed by atoms with van der Waals surface area (Å²) in [6.07, 6.45) is 0.668. The summed E-state index contributed by atoms with van der Waals surface area (Å²) in [4.78, 5) is 25.7. The average Bonchev–Trinajstić information content (AvgIpc) is 2.54. The number of nitrogens with one attached hydrogen (secondary N) is 1. The van der Waals surface area contributed by atoms with Gasteiger partial charge in [0.05, 0.1) is 5.69 Å². The van der Waals surface area contributed by atoms with Crippen LogP contribution in [-0.2, 0) is 26.6 Å². The molecular weight excluding hydrogens is 292 g/mol. The van der Waals surface area contributed by atoms with Crippen LogP contribution >= 0.6 is 0 Å². The fraction of sp³-hybridized carbons (Fsp3) is 0.353. The zero-order valence-electron chi connectivity index (χ0n) is 13.4. The lowest BCUT2D eigenvalue weighted by Crippen LogP contribution is -2.43. The minimum atomic E-state index is -0.148. The Hall–Kier alpha value is -2.63. The Kier molecular flexibility index (Phi) is 4.14. The van der Waals surface area contributed by atoms with Gasteiger partial charge in [-0.3, -0.25) is 4.79 Å². The molecule has 0 radical (unpaired) electrons. The Labute approximate surface area is 134 Å². The number of carbonyl (C=O) groups excluding carboxylic acids is 1. The summed E-state index contributed by atoms with van der Waals surface area (Å²) in [5.41, 5.74) is 3.85. The van der Waals surface area contributed by atoms with Gasteiger partial charge in [0.1, 0.15) is 0 Å². The second-order valence-corrected chi connectivity index (χ2v) is 5.89. The number of amides is 2. The van der Waals surface area contributed by atoms with Crippen LogP contribution in [0.4, 0.5) is 4.79 Å². The van der Waals surface area contributed by atoms with Gasteiger partial charge < -0.3 is 10.2 Å². The number of urea groups is 1. The van der Waals surface area contributed by atoms with Crippen molar-refractivity contribution in [3.05, 3.63) is 63.1 Å². The molecule has 0 aliphatic carbocycles. The molecule has 0 fully saturated rings. The van der Waals surface area contributed by atoms with Crippen molar-refractivity contribution in [2.24, 2.45) is 7.05 Å². The molecule has 120 valence electrons. The minimum Gasteiger partial charge on any atom is -0.334 e. The van der Waals surface area contributed by atoms with E-state index in [0.29, 0.717) is 26.1 Å². The summed E-state index contributed by atoms with van der Waals surface area (Å²) < 4.78 is 1.34. The number of hydrogen-bond acceptors (Lipinski definition) is 3. The normalized spacial score (nSPS) is 13.6. The van der Waals surface area contributed by atoms with E-state index in [1.165, 1.54) is 10.2 Å². The summed E-state index contributed by atoms with van der Waals surface area (Å²) in [6.45, 7) is 3.57. The average molecular weight is 312 g/mol. The number of carbonyl (C=O) groups is 1. The van der Waals surface area contributed by atoms with Gasteiger partial charge in [-0.2, -0.15) is 5.10 Å². The highest BCUT2D eigenvalue weighted by atomic mass is 16.2. The van der Waals surface area contributed by atoms with Gasteiger partial charge in [0, 0.05) is 44.7 Å². The zero-order chi connectivity index (χ0) is 16.4. The lowest BCUT2D eigenvalue weighted by Gasteiger charge is -2.28. The maximum Gasteiger partial charge on any atom is 0.317 e. The van der Waals surface area contributed by atoms with E-state index >= 15 is 0 Å². The molecule has 1 aliphatic heterocycles. The molecule has 1 aromatic carbocycles. The third-order valence-electron chi connectivity index (χ3n) is 4.09. The lowest BCUT2D eigenvalue weighted by molar-refractivity contribution is 0.191. The first-order valence-electron chi connectivity index (χ1n) is 7.67. The quantitative estimate of drug-likeness (QED) is 0.910. The molecule has 0 bridgehead atoms. The highest BCUT2D eigenvalue weighted by Crippen LogP contribution is 2.15. The SMILES string of the molecule is Cc1ccc(CNC(=O)N2CCc3nn(C)c(=O)cc3C2)cc1. The topological polar surface area (TPSA) is 67.2 Å². The molecule has 0 atom stereocenters. The summed E-state index contributed by atoms with van der Waals surface area (Å²) >= 11 is 0. The van der Waals surface area contributed by atoms with Crippen LogP contribution < -0.4 is 10.9 Å². The molecule has 3 rings (SSSR count). The van der Waals surface area contributed by atoms with Crippen LogP contribution in [0, 0.1) is 6.92 Å². The van der Waals surface area contributed by atoms with Crippen LogP contribution in [0.15, 0.2) is 35.1 Å². The van der Waals surface area contributed by atoms with E-state index in [-0.39, 0.29) is 11.6 Å². The second kappa shape index (κ2) is 6.24. The van der Waals surface area contributed by atoms with Gasteiger partial charge in [-0.15, -0.1) is 0 Å². The monoisotopic (exact) mass is 312 g/mol. The van der Waals surface area contributed by atoms with Crippen molar-refractivity contribution in [1.82, 2.24) is 20.0 Å². The maximum absolute atomic E-state index is 12.3. The molecule has 0 spiro atoms. The largest absolute Gasteiger partial charge is 0.334 e. The van der Waals surface area contributed by atoms with Crippen molar-refractivity contribution < 1.29 is 4.79 Å². The first-order valence-corrected chi connectivity index (χ1v) is 7.67. The summed E-state index contributed by atoms with van der Waals surface area (Å²) in [7, 11) is 1.64. The number of fused-ring (bicyclic) bond motifs is 1. The zero-order valence-corrected chi connectivity index (χ0v) is 13.4. The third kappa shape index (κ3) is 3.41. The number of aromatic nitrogens is 2. The first-order chi connectivity index (χ1) is 11.0. The van der Waals surface area contributed by atoms with E-state index in [2.05, 4.69) is 10.4 Å². The van der Waals surface area contributed by atoms with Gasteiger partial charge in [-0.1, -0.05) is 29.8 Å². The molecule has 1 N–H and O–H groups in total. The van der Waals surface area contributed by atoms with Crippen molar-refractivity contribution in [3.63, 3.8) is 0 Å². The fourth-order valence-electron chi connectivity index (χ4n) is 2.66. The molecule has 23 heavy (non-hydrogen) atoms. The van der Waals surface area contributed by atoms with Gasteiger partial charge >= 0.3 is 6.03 Å². The van der Waals surface area contributed by atoms with Crippen LogP contribution in [0.3, 0.4) is 0 Å². The lowest BCUT2D eigenvalue weighted by atomic mass is 10.1. The molecule has 1 aliphatic rings. The van der Waals surface area contributed by atoms with Gasteiger partial charge in [0.2, 0.25) is 0 Å². The minimum absolute atomic E-state index is 0.114. The molecule has 0 saturated carbocycles. The van der Waals surface area contributed by atoms with E-state index in [4.69, 9.17) is 0 Å². The summed E-state index contributed by atoms with van der Waals surface area (Å²) in [6, 6.07) is 9.53. The molecule has 2 amide bonds. The van der Waals surface area contributed by atoms with Crippen molar-refractivity contribution in [2.45, 2.75) is 26.4 Å². The van der Waals surface area contributed by atoms with Crippen molar-refractivity contribution >= 4 is 6.03 Å². The molecule has 2 aromatic rings. The van der Waals surface area contributed by atoms with Crippen LogP contribution in [0.1, 0.15) is 22.4 Å². The number of nitrogens with zero attached hydrogens (tertiary/aromatic N) is 3. The molecule has 0 saturated heterocycles. The summed E-state index contributed by atoms with van der Waals surface area (Å²) in [5, 5.41) is 7.18. The molecule has 6 nitrogen and oxygen atoms in total. The van der Waals surface area contributed by atoms with Gasteiger partial charge in [-0.25, -0.2) is 9.48 Å². The smallest absolute Gasteiger partial charge is 0.317 e. The molecule has 1 aromatic heterocycles. The summed E-state index contributed by atoms with van der Waals surface area (Å²) in [5.74, 6) is 0. The van der Waals surface area contributed by atoms with Gasteiger partial charge in [-0.05, 0) is 12.5 Å². The Balaban J connectivity index is 1.63. The standard InChI is InChI=1S/C17H20N4O2/c1-12-3-5-13(6-4-12)10-18-17(23)21-8-7-15-14(11-21)9-16(22)20(2)19-15/h3-6,9H,7-8,10-11H2,1-2H3,(H,18,23). The molecule has 2 heterocycles. The van der Waals surface area contributed by atoms with Crippen LogP contribution in [0.2, 0.25) is 0 Å². The van der Waals surface area contributed by atoms with Crippen LogP contribution in [0.5, 0.6) is 0 Å². The second-order valence-electron chi connectivity index (χ2n) is 5.89. The Bertz CT molecular complexity index is 780. The Morgan fingerprint density at radius 1 is 1.30 bits per heavy atom. The number of rotatable bonds is 2. The molecule has 6 heteroatoms. The Morgan fingerprint density at radius 3 is 2.78 bits per heavy atom. The van der Waals surface area contributed by atoms with Crippen LogP contribution in [-0.4, -0.2) is 27.3 Å². The predicted octanol–water partition coefficient (Wildman–Crippen LogP) is 1.36. The van der Waals surface area contributed by atoms with E-state index in [0.717, 1.165) is 16.8 Å². The Morgan fingerprint density at radius 2 is 2.04 bits per heavy atom. The van der Waals surface area contributed by atoms with Crippen LogP contribution in [0.25, 0.3) is 0 Å². The highest BCUT2D eigenvalue weighted by Gasteiger charge is 2.22. The number of benzene rings is 1. The van der Waals surface area contributed by atoms with E-state index in [1.54, 1.807) is 18.0 Å². The van der Waals surface area contributed by atoms with E-state index in [9.17, 15) is 9.59 Å².